The van der Waals surface area contributed by atoms with E-state index in [1.54, 1.807) is 0 Å². The Bertz CT molecular complexity index is 311. The van der Waals surface area contributed by atoms with Crippen LogP contribution in [0.2, 0.25) is 0 Å². The zero-order valence-corrected chi connectivity index (χ0v) is 11.8. The Hall–Kier alpha value is -1.10. The predicted molar refractivity (Wildman–Crippen MR) is 71.6 cm³/mol. The van der Waals surface area contributed by atoms with Gasteiger partial charge in [0, 0.05) is 0 Å². The lowest BCUT2D eigenvalue weighted by molar-refractivity contribution is -0.145. The summed E-state index contributed by atoms with van der Waals surface area (Å²) in [6, 6.07) is -0.866. The fourth-order valence-corrected chi connectivity index (χ4v) is 2.65. The summed E-state index contributed by atoms with van der Waals surface area (Å²) in [6.07, 6.45) is 4.05. The molecule has 0 heterocycles. The number of aliphatic hydroxyl groups excluding tert-OH is 1. The van der Waals surface area contributed by atoms with Crippen LogP contribution < -0.4 is 5.32 Å². The molecule has 2 atom stereocenters. The summed E-state index contributed by atoms with van der Waals surface area (Å²) >= 11 is 0. The van der Waals surface area contributed by atoms with Crippen LogP contribution >= 0.6 is 0 Å². The number of carboxylic acids is 1. The fraction of sp³-hybridized carbons (Fsp3) is 0.857. The van der Waals surface area contributed by atoms with Gasteiger partial charge in [0.25, 0.3) is 0 Å². The molecule has 0 aromatic carbocycles. The second-order valence-electron chi connectivity index (χ2n) is 5.87. The maximum Gasteiger partial charge on any atom is 0.326 e. The van der Waals surface area contributed by atoms with Gasteiger partial charge in [0.2, 0.25) is 5.91 Å². The highest BCUT2D eigenvalue weighted by atomic mass is 16.4. The van der Waals surface area contributed by atoms with Crippen molar-refractivity contribution in [1.29, 1.82) is 0 Å². The van der Waals surface area contributed by atoms with Crippen molar-refractivity contribution in [3.8, 4) is 0 Å². The van der Waals surface area contributed by atoms with Crippen molar-refractivity contribution in [2.45, 2.75) is 64.5 Å². The number of hydrogen-bond donors (Lipinski definition) is 3. The van der Waals surface area contributed by atoms with Crippen LogP contribution in [-0.2, 0) is 9.59 Å². The highest BCUT2D eigenvalue weighted by Gasteiger charge is 2.32. The second-order valence-corrected chi connectivity index (χ2v) is 5.87. The molecule has 1 amide bonds. The Balaban J connectivity index is 2.57. The molecular formula is C14H25NO4. The Labute approximate surface area is 114 Å². The molecule has 3 N–H and O–H groups in total. The molecule has 0 radical (unpaired) electrons. The van der Waals surface area contributed by atoms with Gasteiger partial charge in [-0.1, -0.05) is 33.1 Å². The van der Waals surface area contributed by atoms with E-state index < -0.39 is 24.0 Å². The zero-order chi connectivity index (χ0) is 14.4. The Kier molecular flexibility index (Phi) is 6.28. The molecule has 0 saturated heterocycles. The van der Waals surface area contributed by atoms with E-state index in [1.807, 2.05) is 13.8 Å². The van der Waals surface area contributed by atoms with Crippen molar-refractivity contribution in [2.75, 3.05) is 0 Å². The van der Waals surface area contributed by atoms with Gasteiger partial charge in [0.1, 0.15) is 12.1 Å². The van der Waals surface area contributed by atoms with Crippen LogP contribution in [0.5, 0.6) is 0 Å². The quantitative estimate of drug-likeness (QED) is 0.684. The molecular weight excluding hydrogens is 246 g/mol. The fourth-order valence-electron chi connectivity index (χ4n) is 2.65. The van der Waals surface area contributed by atoms with Crippen molar-refractivity contribution < 1.29 is 19.8 Å². The normalized spacial score (nSPS) is 20.0. The number of hydrogen-bond acceptors (Lipinski definition) is 3. The maximum absolute atomic E-state index is 11.8. The van der Waals surface area contributed by atoms with E-state index in [0.717, 1.165) is 32.1 Å². The molecule has 110 valence electrons. The predicted octanol–water partition coefficient (Wildman–Crippen LogP) is 1.54. The minimum absolute atomic E-state index is 0.0125. The number of carboxylic acid groups (broad SMARTS) is 1. The van der Waals surface area contributed by atoms with Crippen LogP contribution in [-0.4, -0.2) is 34.2 Å². The van der Waals surface area contributed by atoms with Gasteiger partial charge in [-0.3, -0.25) is 4.79 Å². The largest absolute Gasteiger partial charge is 0.480 e. The van der Waals surface area contributed by atoms with Gasteiger partial charge in [-0.2, -0.15) is 0 Å². The van der Waals surface area contributed by atoms with Crippen LogP contribution in [0.1, 0.15) is 52.4 Å². The van der Waals surface area contributed by atoms with Crippen LogP contribution in [0, 0.1) is 11.8 Å². The van der Waals surface area contributed by atoms with E-state index in [9.17, 15) is 19.8 Å². The van der Waals surface area contributed by atoms with Gasteiger partial charge in [-0.05, 0) is 31.1 Å². The van der Waals surface area contributed by atoms with Gasteiger partial charge >= 0.3 is 5.97 Å². The molecule has 1 aliphatic carbocycles. The molecule has 19 heavy (non-hydrogen) atoms. The third-order valence-electron chi connectivity index (χ3n) is 3.68. The van der Waals surface area contributed by atoms with Gasteiger partial charge in [0.15, 0.2) is 0 Å². The van der Waals surface area contributed by atoms with Crippen molar-refractivity contribution in [3.63, 3.8) is 0 Å². The third-order valence-corrected chi connectivity index (χ3v) is 3.68. The van der Waals surface area contributed by atoms with Crippen LogP contribution in [0.15, 0.2) is 0 Å². The molecule has 1 rings (SSSR count). The molecule has 1 aliphatic rings. The standard InChI is InChI=1S/C14H25NO4/c1-9(2)8-11(16)13(17)15-12(14(18)19)10-6-4-3-5-7-10/h9-12,16H,3-8H2,1-2H3,(H,15,17)(H,18,19)/t11-,12+/m0/s1. The van der Waals surface area contributed by atoms with E-state index >= 15 is 0 Å². The van der Waals surface area contributed by atoms with Crippen molar-refractivity contribution in [2.24, 2.45) is 11.8 Å². The van der Waals surface area contributed by atoms with Gasteiger partial charge in [0.05, 0.1) is 0 Å². The molecule has 5 heteroatoms. The Morgan fingerprint density at radius 1 is 1.21 bits per heavy atom. The summed E-state index contributed by atoms with van der Waals surface area (Å²) in [5.41, 5.74) is 0. The molecule has 1 saturated carbocycles. The van der Waals surface area contributed by atoms with E-state index in [0.29, 0.717) is 6.42 Å². The van der Waals surface area contributed by atoms with Gasteiger partial charge in [-0.15, -0.1) is 0 Å². The summed E-state index contributed by atoms with van der Waals surface area (Å²) in [4.78, 5) is 23.1. The number of aliphatic hydroxyl groups is 1. The average molecular weight is 271 g/mol. The molecule has 5 nitrogen and oxygen atoms in total. The third kappa shape index (κ3) is 5.19. The average Bonchev–Trinajstić information content (AvgIpc) is 2.35. The van der Waals surface area contributed by atoms with Gasteiger partial charge < -0.3 is 15.5 Å². The highest BCUT2D eigenvalue weighted by molar-refractivity contribution is 5.86. The highest BCUT2D eigenvalue weighted by Crippen LogP contribution is 2.26. The van der Waals surface area contributed by atoms with Crippen molar-refractivity contribution in [1.82, 2.24) is 5.32 Å². The molecule has 0 bridgehead atoms. The lowest BCUT2D eigenvalue weighted by atomic mass is 9.83. The first-order valence-electron chi connectivity index (χ1n) is 7.13. The summed E-state index contributed by atoms with van der Waals surface area (Å²) in [6.45, 7) is 3.82. The summed E-state index contributed by atoms with van der Waals surface area (Å²) in [7, 11) is 0. The van der Waals surface area contributed by atoms with Gasteiger partial charge in [-0.25, -0.2) is 4.79 Å². The SMILES string of the molecule is CC(C)C[C@H](O)C(=O)N[C@@H](C(=O)O)C1CCCCC1. The number of amides is 1. The van der Waals surface area contributed by atoms with Crippen molar-refractivity contribution >= 4 is 11.9 Å². The number of aliphatic carboxylic acids is 1. The van der Waals surface area contributed by atoms with E-state index in [-0.39, 0.29) is 11.8 Å². The smallest absolute Gasteiger partial charge is 0.326 e. The second kappa shape index (κ2) is 7.48. The Morgan fingerprint density at radius 3 is 2.26 bits per heavy atom. The molecule has 0 aromatic heterocycles. The molecule has 1 fully saturated rings. The number of rotatable bonds is 6. The topological polar surface area (TPSA) is 86.6 Å². The first-order chi connectivity index (χ1) is 8.91. The minimum Gasteiger partial charge on any atom is -0.480 e. The molecule has 0 unspecified atom stereocenters. The maximum atomic E-state index is 11.8. The first-order valence-corrected chi connectivity index (χ1v) is 7.13. The van der Waals surface area contributed by atoms with E-state index in [1.165, 1.54) is 0 Å². The molecule has 0 aliphatic heterocycles. The van der Waals surface area contributed by atoms with Crippen molar-refractivity contribution in [3.05, 3.63) is 0 Å². The summed E-state index contributed by atoms with van der Waals surface area (Å²) in [5.74, 6) is -1.39. The van der Waals surface area contributed by atoms with E-state index in [4.69, 9.17) is 0 Å². The first kappa shape index (κ1) is 16.0. The number of nitrogens with one attached hydrogen (secondary N) is 1. The van der Waals surface area contributed by atoms with E-state index in [2.05, 4.69) is 5.32 Å². The summed E-state index contributed by atoms with van der Waals surface area (Å²) < 4.78 is 0. The zero-order valence-electron chi connectivity index (χ0n) is 11.8. The lowest BCUT2D eigenvalue weighted by Crippen LogP contribution is -2.50. The molecule has 0 spiro atoms. The minimum atomic E-state index is -1.12. The summed E-state index contributed by atoms with van der Waals surface area (Å²) in [5, 5.41) is 21.5. The monoisotopic (exact) mass is 271 g/mol. The molecule has 0 aromatic rings. The van der Waals surface area contributed by atoms with Crippen LogP contribution in [0.25, 0.3) is 0 Å². The number of carbonyl (C=O) groups excluding carboxylic acids is 1. The van der Waals surface area contributed by atoms with Crippen LogP contribution in [0.3, 0.4) is 0 Å². The Morgan fingerprint density at radius 2 is 1.79 bits per heavy atom. The van der Waals surface area contributed by atoms with Crippen LogP contribution in [0.4, 0.5) is 0 Å². The lowest BCUT2D eigenvalue weighted by Gasteiger charge is -2.28. The number of carbonyl (C=O) groups is 2.